The Morgan fingerprint density at radius 1 is 0.448 bits per heavy atom. The second-order valence-corrected chi connectivity index (χ2v) is 53.0. The Morgan fingerprint density at radius 3 is 1.00 bits per heavy atom. The molecule has 4 rings (SSSR count). The topological polar surface area (TPSA) is 341 Å². The first-order valence-electron chi connectivity index (χ1n) is 43.7. The predicted molar refractivity (Wildman–Crippen MR) is 511 cm³/mol. The maximum Gasteiger partial charge on any atom is 0.446 e. The number of hydrogen-bond acceptors (Lipinski definition) is 16. The van der Waals surface area contributed by atoms with Crippen molar-refractivity contribution < 1.29 is 94.0 Å². The first-order valence-corrected chi connectivity index (χ1v) is 52.1. The summed E-state index contributed by atoms with van der Waals surface area (Å²) in [6.07, 6.45) is 8.26. The second-order valence-electron chi connectivity index (χ2n) is 42.8. The third-order valence-electron chi connectivity index (χ3n) is 17.8. The van der Waals surface area contributed by atoms with E-state index in [1.54, 1.807) is 61.5 Å². The van der Waals surface area contributed by atoms with Gasteiger partial charge in [-0.25, -0.2) is 0 Å². The van der Waals surface area contributed by atoms with Gasteiger partial charge in [0, 0.05) is 60.9 Å². The molecule has 0 aliphatic carbocycles. The van der Waals surface area contributed by atoms with E-state index >= 15 is 0 Å². The zero-order chi connectivity index (χ0) is 97.6. The Morgan fingerprint density at radius 2 is 0.736 bits per heavy atom. The number of carboxylic acid groups (broad SMARTS) is 2. The Kier molecular flexibility index (Phi) is 57.4. The lowest BCUT2D eigenvalue weighted by Crippen LogP contribution is -2.30. The summed E-state index contributed by atoms with van der Waals surface area (Å²) in [5, 5.41) is 33.3. The van der Waals surface area contributed by atoms with E-state index in [0.717, 1.165) is 51.4 Å². The van der Waals surface area contributed by atoms with E-state index in [1.807, 2.05) is 105 Å². The number of alkyl halides is 3. The Bertz CT molecular complexity index is 3880. The number of benzene rings is 4. The molecule has 8 atom stereocenters. The quantitative estimate of drug-likeness (QED) is 0.0117. The van der Waals surface area contributed by atoms with Gasteiger partial charge in [-0.2, -0.15) is 13.2 Å². The van der Waals surface area contributed by atoms with Gasteiger partial charge in [0.2, 0.25) is 35.8 Å². The van der Waals surface area contributed by atoms with Crippen molar-refractivity contribution in [3.05, 3.63) is 144 Å². The highest BCUT2D eigenvalue weighted by Gasteiger charge is 2.38. The molecule has 4 aromatic rings. The molecule has 0 spiro atoms. The van der Waals surface area contributed by atoms with Gasteiger partial charge in [0.05, 0.1) is 47.9 Å². The molecule has 4 aromatic carbocycles. The first-order chi connectivity index (χ1) is 56.6. The minimum Gasteiger partial charge on any atom is -0.481 e. The van der Waals surface area contributed by atoms with Crippen LogP contribution >= 0.6 is 41.1 Å². The molecule has 0 aliphatic rings. The standard InChI is InChI=1S/C26H46NO3P.C26H48NO2P.C19H42NO2P.C14H18NO7P.C7H5ClO.C2HF3O.C2H6O/c1-24(2,3)17-13-14-21(18-25(4,5)6)19-31(29,30-26(7,8)9)20-27-23(28)22-15-11-10-12-16-22;1-24(2,3)17-13-16-23(18-25(4,5)6)20-30(28,29-26(7,8)9)21-27-19-22-14-11-10-12-15-22;1-17(2,3)12-10-11-16(13-18(4,5)6)14-23(21,15-20)22-19(7,8)9;16-12(17)7-6-11(14(19)20)8-23(21,22)9-15-13(18)10-4-2-1-3-5-10;8-7(9)6-4-2-1-3-5-6;3-2(4,5)1-6;1-2-3/h10-12,15-16,21H,13-14,17-20H2,1-9H3,(H,27,28);10-12,14-15,23,27H,13,16-21H2,1-9H3;16H,10-15,20H2,1-9H3;1-5,11H,6-9H2,(H,15,18)(H,16,17)(H,19,20)(H,21,22);1-5H;1H;3H,2H2,1H3. The molecule has 0 saturated heterocycles. The highest BCUT2D eigenvalue weighted by atomic mass is 35.5. The van der Waals surface area contributed by atoms with Crippen LogP contribution in [-0.2, 0) is 52.8 Å². The summed E-state index contributed by atoms with van der Waals surface area (Å²) in [4.78, 5) is 74.8. The number of hydrogen-bond donors (Lipinski definition) is 8. The fourth-order valence-corrected chi connectivity index (χ4v) is 23.2. The van der Waals surface area contributed by atoms with Crippen LogP contribution in [0, 0.1) is 56.2 Å². The fraction of sp³-hybridized carbons (Fsp3) is 0.688. The van der Waals surface area contributed by atoms with Gasteiger partial charge in [0.15, 0.2) is 0 Å². The van der Waals surface area contributed by atoms with Crippen molar-refractivity contribution in [2.45, 2.75) is 313 Å². The Hall–Kier alpha value is -5.18. The van der Waals surface area contributed by atoms with Crippen LogP contribution in [0.25, 0.3) is 0 Å². The van der Waals surface area contributed by atoms with E-state index in [9.17, 15) is 60.3 Å². The van der Waals surface area contributed by atoms with Gasteiger partial charge in [-0.1, -0.05) is 241 Å². The lowest BCUT2D eigenvalue weighted by molar-refractivity contribution is -0.156. The SMILES string of the molecule is CC(C)(C)CCCC(CC(C)(C)C)CP(=O)(CN)OC(C)(C)C.CC(C)(C)CCCC(CC(C)(C)C)CP(=O)(CNC(=O)c1ccccc1)OC(C)(C)C.CC(C)(C)CCCC(CC(C)(C)C)CP(=O)(CNCc1ccccc1)OC(C)(C)C.CCO.O=C(Cl)c1ccccc1.O=C(O)CCC(CP(=O)(O)CNC(=O)c1ccccc1)C(=O)O.O=CC(F)(F)F. The number of rotatable bonds is 39. The van der Waals surface area contributed by atoms with Crippen molar-refractivity contribution in [3.63, 3.8) is 0 Å². The number of nitrogens with two attached hydrogens (primary N) is 1. The number of aliphatic carboxylic acids is 2. The average molecular weight is 1860 g/mol. The number of aliphatic hydroxyl groups is 1. The van der Waals surface area contributed by atoms with Gasteiger partial charge in [-0.05, 0) is 225 Å². The lowest BCUT2D eigenvalue weighted by atomic mass is 9.81. The number of nitrogens with one attached hydrogen (secondary N) is 3. The average Bonchev–Trinajstić information content (AvgIpc) is 0.846. The van der Waals surface area contributed by atoms with E-state index in [2.05, 4.69) is 153 Å². The van der Waals surface area contributed by atoms with Gasteiger partial charge in [-0.3, -0.25) is 47.0 Å². The fourth-order valence-electron chi connectivity index (χ4n) is 13.5. The molecule has 8 unspecified atom stereocenters. The van der Waals surface area contributed by atoms with Crippen LogP contribution in [0.1, 0.15) is 320 Å². The molecule has 2 amide bonds. The summed E-state index contributed by atoms with van der Waals surface area (Å²) in [6, 6.07) is 36.1. The zero-order valence-corrected chi connectivity index (χ0v) is 85.7. The van der Waals surface area contributed by atoms with E-state index in [-0.39, 0.29) is 47.8 Å². The summed E-state index contributed by atoms with van der Waals surface area (Å²) in [5.74, 6) is -3.40. The maximum atomic E-state index is 14.0. The first kappa shape index (κ1) is 124. The van der Waals surface area contributed by atoms with E-state index in [4.69, 9.17) is 51.0 Å². The van der Waals surface area contributed by atoms with Crippen molar-refractivity contribution in [1.29, 1.82) is 0 Å². The summed E-state index contributed by atoms with van der Waals surface area (Å²) in [6.45, 7) is 61.1. The summed E-state index contributed by atoms with van der Waals surface area (Å²) < 4.78 is 103. The van der Waals surface area contributed by atoms with Crippen LogP contribution in [-0.4, -0.2) is 135 Å². The van der Waals surface area contributed by atoms with Crippen molar-refractivity contribution >= 4 is 76.4 Å². The third-order valence-corrected chi connectivity index (χ3v) is 27.4. The number of aliphatic hydroxyl groups excluding tert-OH is 1. The van der Waals surface area contributed by atoms with Gasteiger partial charge in [0.1, 0.15) is 0 Å². The van der Waals surface area contributed by atoms with Crippen molar-refractivity contribution in [2.75, 3.05) is 56.4 Å². The number of aldehydes is 1. The minimum absolute atomic E-state index is 0.0674. The molecular weight excluding hydrogens is 1700 g/mol. The van der Waals surface area contributed by atoms with Crippen LogP contribution in [0.3, 0.4) is 0 Å². The maximum absolute atomic E-state index is 14.0. The lowest BCUT2D eigenvalue weighted by Gasteiger charge is -2.33. The van der Waals surface area contributed by atoms with E-state index in [1.165, 1.54) is 43.4 Å². The third kappa shape index (κ3) is 75.2. The molecule has 0 aliphatic heterocycles. The van der Waals surface area contributed by atoms with Crippen LogP contribution in [0.15, 0.2) is 121 Å². The molecule has 720 valence electrons. The number of carbonyl (C=O) groups excluding carboxylic acids is 4. The molecular formula is C96H166ClF3N4O17P4. The normalized spacial score (nSPS) is 15.1. The van der Waals surface area contributed by atoms with Crippen molar-refractivity contribution in [1.82, 2.24) is 16.0 Å². The van der Waals surface area contributed by atoms with Gasteiger partial charge in [0.25, 0.3) is 17.1 Å². The van der Waals surface area contributed by atoms with Crippen LogP contribution in [0.5, 0.6) is 0 Å². The molecule has 125 heavy (non-hydrogen) atoms. The number of carbonyl (C=O) groups is 6. The molecule has 0 radical (unpaired) electrons. The van der Waals surface area contributed by atoms with Crippen LogP contribution in [0.2, 0.25) is 0 Å². The second kappa shape index (κ2) is 57.9. The zero-order valence-electron chi connectivity index (χ0n) is 81.4. The minimum atomic E-state index is -4.64. The summed E-state index contributed by atoms with van der Waals surface area (Å²) >= 11 is 5.16. The van der Waals surface area contributed by atoms with E-state index < -0.39 is 107 Å². The molecule has 29 heteroatoms. The summed E-state index contributed by atoms with van der Waals surface area (Å²) in [7, 11) is -12.6. The predicted octanol–water partition coefficient (Wildman–Crippen LogP) is 26.1. The van der Waals surface area contributed by atoms with Gasteiger partial charge >= 0.3 is 18.1 Å². The Labute approximate surface area is 757 Å². The van der Waals surface area contributed by atoms with Crippen molar-refractivity contribution in [2.24, 2.45) is 61.9 Å². The largest absolute Gasteiger partial charge is 0.481 e. The highest BCUT2D eigenvalue weighted by Crippen LogP contribution is 2.56. The summed E-state index contributed by atoms with van der Waals surface area (Å²) in [5.41, 5.74) is 8.69. The van der Waals surface area contributed by atoms with Gasteiger partial charge < -0.3 is 55.5 Å². The molecule has 0 saturated carbocycles. The molecule has 0 fully saturated rings. The van der Waals surface area contributed by atoms with E-state index in [0.29, 0.717) is 82.0 Å². The Balaban J connectivity index is -0.00000149. The number of amides is 2. The van der Waals surface area contributed by atoms with Crippen LogP contribution in [0.4, 0.5) is 13.2 Å². The highest BCUT2D eigenvalue weighted by molar-refractivity contribution is 7.59. The molecule has 0 bridgehead atoms. The number of halogens is 4. The molecule has 0 heterocycles. The smallest absolute Gasteiger partial charge is 0.446 e. The molecule has 9 N–H and O–H groups in total. The van der Waals surface area contributed by atoms with Gasteiger partial charge in [-0.15, -0.1) is 0 Å². The monoisotopic (exact) mass is 1860 g/mol. The number of carboxylic acids is 2. The van der Waals surface area contributed by atoms with Crippen molar-refractivity contribution in [3.8, 4) is 0 Å². The molecule has 0 aromatic heterocycles. The van der Waals surface area contributed by atoms with Crippen LogP contribution < -0.4 is 21.7 Å². The molecule has 21 nitrogen and oxygen atoms in total.